The van der Waals surface area contributed by atoms with E-state index in [2.05, 4.69) is 10.3 Å². The second-order valence-corrected chi connectivity index (χ2v) is 7.44. The van der Waals surface area contributed by atoms with Crippen LogP contribution in [0.3, 0.4) is 0 Å². The summed E-state index contributed by atoms with van der Waals surface area (Å²) in [7, 11) is -1.65. The Hall–Kier alpha value is -1.41. The molecule has 2 aromatic rings. The number of aryl methyl sites for hydroxylation is 2. The summed E-state index contributed by atoms with van der Waals surface area (Å²) in [4.78, 5) is 4.66. The molecule has 1 aliphatic rings. The normalized spacial score (nSPS) is 19.3. The Kier molecular flexibility index (Phi) is 5.46. The third kappa shape index (κ3) is 3.42. The van der Waals surface area contributed by atoms with Gasteiger partial charge in [0.2, 0.25) is 10.0 Å². The standard InChI is InChI=1S/C15H20N4O2S.ClH/c1-12-3-5-13(6-4-12)22(20,21)19-10-7-16-11-14(19)15-17-8-9-18(15)2;/h3-6,8-9,14,16H,7,10-11H2,1-2H3;1H. The van der Waals surface area contributed by atoms with Gasteiger partial charge in [-0.25, -0.2) is 13.4 Å². The molecular weight excluding hydrogens is 336 g/mol. The van der Waals surface area contributed by atoms with Crippen LogP contribution in [-0.2, 0) is 17.1 Å². The number of hydrogen-bond acceptors (Lipinski definition) is 4. The van der Waals surface area contributed by atoms with E-state index in [1.807, 2.05) is 36.9 Å². The summed E-state index contributed by atoms with van der Waals surface area (Å²) < 4.78 is 29.4. The quantitative estimate of drug-likeness (QED) is 0.904. The molecule has 0 saturated carbocycles. The molecule has 1 N–H and O–H groups in total. The summed E-state index contributed by atoms with van der Waals surface area (Å²) in [5.41, 5.74) is 1.04. The van der Waals surface area contributed by atoms with Crippen molar-refractivity contribution in [3.05, 3.63) is 48.0 Å². The third-order valence-corrected chi connectivity index (χ3v) is 5.90. The minimum Gasteiger partial charge on any atom is -0.337 e. The van der Waals surface area contributed by atoms with E-state index >= 15 is 0 Å². The fraction of sp³-hybridized carbons (Fsp3) is 0.400. The van der Waals surface area contributed by atoms with Gasteiger partial charge in [-0.3, -0.25) is 0 Å². The van der Waals surface area contributed by atoms with Gasteiger partial charge in [-0.1, -0.05) is 17.7 Å². The van der Waals surface area contributed by atoms with Gasteiger partial charge in [0.1, 0.15) is 5.82 Å². The predicted octanol–water partition coefficient (Wildman–Crippen LogP) is 1.49. The lowest BCUT2D eigenvalue weighted by molar-refractivity contribution is 0.258. The largest absolute Gasteiger partial charge is 0.337 e. The Morgan fingerprint density at radius 3 is 2.57 bits per heavy atom. The lowest BCUT2D eigenvalue weighted by Gasteiger charge is -2.34. The Balaban J connectivity index is 0.00000192. The number of nitrogens with zero attached hydrogens (tertiary/aromatic N) is 3. The van der Waals surface area contributed by atoms with Crippen LogP contribution in [0.1, 0.15) is 17.4 Å². The first kappa shape index (κ1) is 17.9. The molecule has 0 amide bonds. The zero-order valence-electron chi connectivity index (χ0n) is 13.1. The second-order valence-electron chi connectivity index (χ2n) is 5.55. The molecule has 0 spiro atoms. The van der Waals surface area contributed by atoms with Gasteiger partial charge in [0.05, 0.1) is 10.9 Å². The number of benzene rings is 1. The van der Waals surface area contributed by atoms with Crippen LogP contribution in [0.25, 0.3) is 0 Å². The fourth-order valence-corrected chi connectivity index (χ4v) is 4.32. The van der Waals surface area contributed by atoms with E-state index in [0.717, 1.165) is 11.4 Å². The van der Waals surface area contributed by atoms with Crippen LogP contribution in [0.4, 0.5) is 0 Å². The minimum atomic E-state index is -3.53. The topological polar surface area (TPSA) is 67.2 Å². The lowest BCUT2D eigenvalue weighted by atomic mass is 10.2. The van der Waals surface area contributed by atoms with Crippen molar-refractivity contribution in [1.82, 2.24) is 19.2 Å². The summed E-state index contributed by atoms with van der Waals surface area (Å²) in [5, 5.41) is 3.25. The highest BCUT2D eigenvalue weighted by atomic mass is 35.5. The molecule has 0 radical (unpaired) electrons. The maximum absolute atomic E-state index is 13.0. The number of sulfonamides is 1. The number of nitrogens with one attached hydrogen (secondary N) is 1. The molecule has 1 saturated heterocycles. The average Bonchev–Trinajstić information content (AvgIpc) is 2.94. The van der Waals surface area contributed by atoms with E-state index in [1.165, 1.54) is 0 Å². The summed E-state index contributed by atoms with van der Waals surface area (Å²) in [6, 6.07) is 6.69. The van der Waals surface area contributed by atoms with E-state index in [9.17, 15) is 8.42 Å². The molecule has 3 rings (SSSR count). The lowest BCUT2D eigenvalue weighted by Crippen LogP contribution is -2.49. The van der Waals surface area contributed by atoms with Crippen molar-refractivity contribution in [1.29, 1.82) is 0 Å². The van der Waals surface area contributed by atoms with Crippen molar-refractivity contribution in [2.75, 3.05) is 19.6 Å². The van der Waals surface area contributed by atoms with Crippen LogP contribution in [0.15, 0.2) is 41.6 Å². The first-order chi connectivity index (χ1) is 10.5. The van der Waals surface area contributed by atoms with Gasteiger partial charge in [-0.15, -0.1) is 12.4 Å². The number of rotatable bonds is 3. The molecule has 1 fully saturated rings. The van der Waals surface area contributed by atoms with Gasteiger partial charge >= 0.3 is 0 Å². The van der Waals surface area contributed by atoms with E-state index in [1.54, 1.807) is 22.6 Å². The SMILES string of the molecule is Cc1ccc(S(=O)(=O)N2CCNCC2c2nccn2C)cc1.Cl. The zero-order chi connectivity index (χ0) is 15.7. The number of aromatic nitrogens is 2. The highest BCUT2D eigenvalue weighted by Crippen LogP contribution is 2.27. The molecule has 0 aliphatic carbocycles. The van der Waals surface area contributed by atoms with Crippen molar-refractivity contribution >= 4 is 22.4 Å². The van der Waals surface area contributed by atoms with Gasteiger partial charge in [0.25, 0.3) is 0 Å². The van der Waals surface area contributed by atoms with Crippen LogP contribution >= 0.6 is 12.4 Å². The monoisotopic (exact) mass is 356 g/mol. The van der Waals surface area contributed by atoms with Crippen LogP contribution in [0.5, 0.6) is 0 Å². The maximum Gasteiger partial charge on any atom is 0.243 e. The molecule has 126 valence electrons. The van der Waals surface area contributed by atoms with E-state index < -0.39 is 10.0 Å². The van der Waals surface area contributed by atoms with Gasteiger partial charge in [0.15, 0.2) is 0 Å². The highest BCUT2D eigenvalue weighted by molar-refractivity contribution is 7.89. The summed E-state index contributed by atoms with van der Waals surface area (Å²) >= 11 is 0. The molecule has 6 nitrogen and oxygen atoms in total. The molecule has 1 unspecified atom stereocenters. The average molecular weight is 357 g/mol. The Bertz CT molecular complexity index is 758. The highest BCUT2D eigenvalue weighted by Gasteiger charge is 2.36. The number of piperazine rings is 1. The fourth-order valence-electron chi connectivity index (χ4n) is 2.74. The van der Waals surface area contributed by atoms with Crippen LogP contribution < -0.4 is 5.32 Å². The van der Waals surface area contributed by atoms with Crippen molar-refractivity contribution < 1.29 is 8.42 Å². The van der Waals surface area contributed by atoms with Crippen molar-refractivity contribution in [2.24, 2.45) is 7.05 Å². The van der Waals surface area contributed by atoms with Gasteiger partial charge in [0, 0.05) is 39.1 Å². The van der Waals surface area contributed by atoms with Crippen molar-refractivity contribution in [3.63, 3.8) is 0 Å². The number of halogens is 1. The number of imidazole rings is 1. The Morgan fingerprint density at radius 2 is 1.96 bits per heavy atom. The summed E-state index contributed by atoms with van der Waals surface area (Å²) in [6.07, 6.45) is 3.53. The molecule has 8 heteroatoms. The Morgan fingerprint density at radius 1 is 1.26 bits per heavy atom. The molecular formula is C15H21ClN4O2S. The van der Waals surface area contributed by atoms with Crippen molar-refractivity contribution in [3.8, 4) is 0 Å². The molecule has 2 heterocycles. The van der Waals surface area contributed by atoms with Crippen LogP contribution in [-0.4, -0.2) is 41.9 Å². The molecule has 1 aliphatic heterocycles. The third-order valence-electron chi connectivity index (χ3n) is 3.98. The van der Waals surface area contributed by atoms with E-state index in [4.69, 9.17) is 0 Å². The molecule has 1 aromatic carbocycles. The second kappa shape index (κ2) is 7.00. The summed E-state index contributed by atoms with van der Waals surface area (Å²) in [5.74, 6) is 0.753. The van der Waals surface area contributed by atoms with Crippen LogP contribution in [0.2, 0.25) is 0 Å². The molecule has 1 aromatic heterocycles. The number of hydrogen-bond donors (Lipinski definition) is 1. The first-order valence-corrected chi connectivity index (χ1v) is 8.70. The molecule has 23 heavy (non-hydrogen) atoms. The van der Waals surface area contributed by atoms with E-state index in [0.29, 0.717) is 24.5 Å². The van der Waals surface area contributed by atoms with Gasteiger partial charge in [-0.2, -0.15) is 4.31 Å². The van der Waals surface area contributed by atoms with Crippen LogP contribution in [0, 0.1) is 6.92 Å². The maximum atomic E-state index is 13.0. The van der Waals surface area contributed by atoms with E-state index in [-0.39, 0.29) is 18.4 Å². The molecule has 0 bridgehead atoms. The smallest absolute Gasteiger partial charge is 0.243 e. The summed E-state index contributed by atoms with van der Waals surface area (Å²) in [6.45, 7) is 3.59. The minimum absolute atomic E-state index is 0. The zero-order valence-corrected chi connectivity index (χ0v) is 14.8. The molecule has 1 atom stereocenters. The Labute approximate surface area is 143 Å². The van der Waals surface area contributed by atoms with Crippen molar-refractivity contribution in [2.45, 2.75) is 17.9 Å². The first-order valence-electron chi connectivity index (χ1n) is 7.26. The van der Waals surface area contributed by atoms with Gasteiger partial charge in [-0.05, 0) is 19.1 Å². The predicted molar refractivity (Wildman–Crippen MR) is 91.1 cm³/mol. The van der Waals surface area contributed by atoms with Gasteiger partial charge < -0.3 is 9.88 Å².